The maximum absolute atomic E-state index is 11.7. The van der Waals surface area contributed by atoms with Gasteiger partial charge in [-0.05, 0) is 362 Å². The van der Waals surface area contributed by atoms with E-state index in [1.165, 1.54) is 257 Å². The smallest absolute Gasteiger partial charge is 0.219 e. The average Bonchev–Trinajstić information content (AvgIpc) is 1.59. The topological polar surface area (TPSA) is 86.4 Å². The highest BCUT2D eigenvalue weighted by Crippen LogP contribution is 2.47. The molecule has 10 heteroatoms. The molecule has 132 heavy (non-hydrogen) atoms. The van der Waals surface area contributed by atoms with E-state index in [9.17, 15) is 9.59 Å². The number of nitrogens with one attached hydrogen (secondary N) is 3. The monoisotopic (exact) mass is 1780 g/mol. The molecular formula is C122H168N8O2. The molecule has 0 spiro atoms. The predicted molar refractivity (Wildman–Crippen MR) is 562 cm³/mol. The molecule has 20 rings (SSSR count). The van der Waals surface area contributed by atoms with Gasteiger partial charge < -0.3 is 40.4 Å². The molecule has 4 unspecified atom stereocenters. The molecule has 0 aromatic heterocycles. The van der Waals surface area contributed by atoms with Crippen molar-refractivity contribution >= 4 is 34.1 Å². The number of likely N-dealkylation sites (tertiary alicyclic amines) is 4. The van der Waals surface area contributed by atoms with E-state index in [0.29, 0.717) is 18.1 Å². The Hall–Kier alpha value is -8.58. The van der Waals surface area contributed by atoms with Crippen LogP contribution in [0.15, 0.2) is 218 Å². The predicted octanol–water partition coefficient (Wildman–Crippen LogP) is 24.8. The first-order chi connectivity index (χ1) is 63.8. The minimum Gasteiger partial charge on any atom is -0.352 e. The molecule has 4 fully saturated rings. The van der Waals surface area contributed by atoms with Crippen molar-refractivity contribution in [3.05, 3.63) is 307 Å². The molecule has 4 saturated heterocycles. The number of nitrogens with zero attached hydrogens (tertiary/aromatic N) is 5. The summed E-state index contributed by atoms with van der Waals surface area (Å²) >= 11 is 0. The summed E-state index contributed by atoms with van der Waals surface area (Å²) in [5.74, 6) is 3.46. The summed E-state index contributed by atoms with van der Waals surface area (Å²) < 4.78 is 0. The quantitative estimate of drug-likeness (QED) is 0.0738. The summed E-state index contributed by atoms with van der Waals surface area (Å²) in [5.41, 5.74) is 31.1. The molecular weight excluding hydrogens is 1610 g/mol. The number of benzene rings is 8. The van der Waals surface area contributed by atoms with Crippen molar-refractivity contribution < 1.29 is 9.59 Å². The lowest BCUT2D eigenvalue weighted by Gasteiger charge is -2.37. The number of carbonyl (C=O) groups is 2. The molecule has 12 aliphatic rings. The van der Waals surface area contributed by atoms with Gasteiger partial charge in [0.05, 0.1) is 0 Å². The van der Waals surface area contributed by atoms with Gasteiger partial charge in [0.1, 0.15) is 0 Å². The van der Waals surface area contributed by atoms with E-state index in [1.807, 2.05) is 4.90 Å². The van der Waals surface area contributed by atoms with E-state index >= 15 is 0 Å². The first-order valence-corrected chi connectivity index (χ1v) is 52.2. The highest BCUT2D eigenvalue weighted by molar-refractivity contribution is 5.78. The van der Waals surface area contributed by atoms with E-state index in [-0.39, 0.29) is 39.5 Å². The third kappa shape index (κ3) is 24.6. The zero-order valence-corrected chi connectivity index (χ0v) is 84.7. The lowest BCUT2D eigenvalue weighted by atomic mass is 9.82. The fraction of sp³-hybridized carbons (Fsp3) is 0.525. The van der Waals surface area contributed by atoms with Crippen LogP contribution in [0.2, 0.25) is 0 Å². The van der Waals surface area contributed by atoms with Crippen LogP contribution in [-0.4, -0.2) is 159 Å². The average molecular weight is 1780 g/mol. The summed E-state index contributed by atoms with van der Waals surface area (Å²) in [6.07, 6.45) is 34.7. The maximum Gasteiger partial charge on any atom is 0.219 e. The van der Waals surface area contributed by atoms with Gasteiger partial charge in [0, 0.05) is 66.2 Å². The van der Waals surface area contributed by atoms with Crippen molar-refractivity contribution in [1.29, 1.82) is 0 Å². The maximum atomic E-state index is 11.7. The third-order valence-electron chi connectivity index (χ3n) is 32.1. The summed E-state index contributed by atoms with van der Waals surface area (Å²) in [4.78, 5) is 35.3. The Morgan fingerprint density at radius 1 is 0.311 bits per heavy atom. The van der Waals surface area contributed by atoms with Gasteiger partial charge in [0.15, 0.2) is 0 Å². The van der Waals surface area contributed by atoms with Crippen LogP contribution < -0.4 is 16.0 Å². The number of hydrogen-bond donors (Lipinski definition) is 3. The number of amides is 2. The Morgan fingerprint density at radius 3 is 0.780 bits per heavy atom. The lowest BCUT2D eigenvalue weighted by molar-refractivity contribution is -0.132. The Bertz CT molecular complexity index is 4750. The highest BCUT2D eigenvalue weighted by Gasteiger charge is 2.45. The number of piperidine rings is 4. The van der Waals surface area contributed by atoms with Crippen molar-refractivity contribution in [2.45, 2.75) is 292 Å². The Kier molecular flexibility index (Phi) is 36.5. The van der Waals surface area contributed by atoms with Crippen LogP contribution in [0, 0.1) is 23.7 Å². The Balaban J connectivity index is 0.000000128. The van der Waals surface area contributed by atoms with E-state index < -0.39 is 0 Å². The van der Waals surface area contributed by atoms with Gasteiger partial charge in [-0.1, -0.05) is 315 Å². The molecule has 8 aromatic rings. The van der Waals surface area contributed by atoms with Gasteiger partial charge in [0.2, 0.25) is 11.8 Å². The third-order valence-corrected chi connectivity index (χ3v) is 32.1. The van der Waals surface area contributed by atoms with Crippen molar-refractivity contribution in [2.75, 3.05) is 98.2 Å². The minimum atomic E-state index is 0.0439. The van der Waals surface area contributed by atoms with Gasteiger partial charge in [-0.25, -0.2) is 0 Å². The number of fused-ring (bicyclic) bond motifs is 8. The van der Waals surface area contributed by atoms with Gasteiger partial charge >= 0.3 is 0 Å². The highest BCUT2D eigenvalue weighted by atomic mass is 16.2. The van der Waals surface area contributed by atoms with Crippen LogP contribution in [0.3, 0.4) is 0 Å². The molecule has 8 aromatic carbocycles. The lowest BCUT2D eigenvalue weighted by Crippen LogP contribution is -2.47. The molecule has 0 bridgehead atoms. The standard InChI is InChI=1S/4C17H23N.C15H21NO.C13H17NO.2C13H19N/c4*1-2-11-18-12-9-15(10-13-18)17-8-7-14-5-3-4-6-16(14)17;1-5-16(11(2)17)14-10-12-8-6-7-9-13(12)15(14,3)4;1-9(15)14-12-8-10-6-4-5-7-11(10)13(12,2)3;2*1-4-14-12-9-10-7-5-6-8-11(10)13(12,2)3/h4*3-6,8,15H,2,7,9-13H2,1H3;6-9,14H,5,10H2,1-4H3;4-7,12H,8H2,1-3H3,(H,14,15);2*5-8,12,14H,4,9H2,1-3H3. The van der Waals surface area contributed by atoms with Crippen LogP contribution in [0.5, 0.6) is 0 Å². The zero-order chi connectivity index (χ0) is 93.5. The van der Waals surface area contributed by atoms with E-state index in [2.05, 4.69) is 358 Å². The second-order valence-electron chi connectivity index (χ2n) is 42.2. The van der Waals surface area contributed by atoms with E-state index in [0.717, 1.165) is 81.8 Å². The largest absolute Gasteiger partial charge is 0.352 e. The van der Waals surface area contributed by atoms with Gasteiger partial charge in [-0.15, -0.1) is 0 Å². The summed E-state index contributed by atoms with van der Waals surface area (Å²) in [5, 5.41) is 10.2. The second-order valence-corrected chi connectivity index (χ2v) is 42.2. The Labute approximate surface area is 800 Å². The molecule has 4 aliphatic heterocycles. The van der Waals surface area contributed by atoms with Crippen molar-refractivity contribution in [3.63, 3.8) is 0 Å². The molecule has 4 heterocycles. The molecule has 708 valence electrons. The van der Waals surface area contributed by atoms with Crippen molar-refractivity contribution in [2.24, 2.45) is 23.7 Å². The molecule has 2 amide bonds. The fourth-order valence-corrected chi connectivity index (χ4v) is 24.6. The molecule has 0 radical (unpaired) electrons. The SMILES string of the molecule is CC(=O)NC1Cc2ccccc2C1(C)C.CCCN1CCC(C2=CCc3ccccc32)CC1.CCCN1CCC(C2=CCc3ccccc32)CC1.CCCN1CCC(C2=CCc3ccccc32)CC1.CCCN1CCC(C2=CCc3ccccc32)CC1.CCN(C(C)=O)C1Cc2ccccc2C1(C)C.CCNC1Cc2ccccc2C1(C)C.CCNC1Cc2ccccc2C1(C)C. The van der Waals surface area contributed by atoms with Gasteiger partial charge in [0.25, 0.3) is 0 Å². The second kappa shape index (κ2) is 47.7. The number of carbonyl (C=O) groups excluding carboxylic acids is 2. The van der Waals surface area contributed by atoms with Crippen LogP contribution in [0.4, 0.5) is 0 Å². The molecule has 4 atom stereocenters. The van der Waals surface area contributed by atoms with E-state index in [4.69, 9.17) is 0 Å². The van der Waals surface area contributed by atoms with Crippen molar-refractivity contribution in [1.82, 2.24) is 40.4 Å². The number of likely N-dealkylation sites (N-methyl/N-ethyl adjacent to an activating group) is 3. The number of hydrogen-bond acceptors (Lipinski definition) is 8. The fourth-order valence-electron chi connectivity index (χ4n) is 24.6. The van der Waals surface area contributed by atoms with Gasteiger partial charge in [-0.3, -0.25) is 9.59 Å². The minimum absolute atomic E-state index is 0.0439. The van der Waals surface area contributed by atoms with Crippen LogP contribution in [0.1, 0.15) is 284 Å². The molecule has 3 N–H and O–H groups in total. The number of allylic oxidation sites excluding steroid dienone is 8. The summed E-state index contributed by atoms with van der Waals surface area (Å²) in [6.45, 7) is 55.4. The van der Waals surface area contributed by atoms with Crippen LogP contribution in [0.25, 0.3) is 22.3 Å². The zero-order valence-electron chi connectivity index (χ0n) is 84.7. The number of rotatable bonds is 19. The first kappa shape index (κ1) is 101. The normalized spacial score (nSPS) is 21.6. The first-order valence-electron chi connectivity index (χ1n) is 52.2. The Morgan fingerprint density at radius 2 is 0.545 bits per heavy atom. The van der Waals surface area contributed by atoms with Gasteiger partial charge in [-0.2, -0.15) is 0 Å². The molecule has 0 saturated carbocycles. The van der Waals surface area contributed by atoms with Crippen LogP contribution >= 0.6 is 0 Å². The summed E-state index contributed by atoms with van der Waals surface area (Å²) in [7, 11) is 0. The summed E-state index contributed by atoms with van der Waals surface area (Å²) in [6, 6.07) is 72.1. The van der Waals surface area contributed by atoms with E-state index in [1.54, 1.807) is 36.1 Å². The van der Waals surface area contributed by atoms with Crippen molar-refractivity contribution in [3.8, 4) is 0 Å². The molecule has 10 nitrogen and oxygen atoms in total. The van der Waals surface area contributed by atoms with Crippen LogP contribution in [-0.2, 0) is 82.6 Å². The molecule has 8 aliphatic carbocycles.